The normalized spacial score (nSPS) is 21.5. The Morgan fingerprint density at radius 1 is 1.28 bits per heavy atom. The molecule has 0 radical (unpaired) electrons. The SMILES string of the molecule is BC(B)(C(C)C)S(=O)(=O)OC1=C(N)O[C@@](B)(c2ccc(Cl)cc2)C1=O. The Labute approximate surface area is 155 Å². The molecule has 0 spiro atoms. The van der Waals surface area contributed by atoms with Crippen molar-refractivity contribution in [1.29, 1.82) is 0 Å². The van der Waals surface area contributed by atoms with Gasteiger partial charge < -0.3 is 14.7 Å². The van der Waals surface area contributed by atoms with E-state index >= 15 is 0 Å². The van der Waals surface area contributed by atoms with E-state index in [1.165, 1.54) is 23.5 Å². The molecule has 1 aromatic carbocycles. The average Bonchev–Trinajstić information content (AvgIpc) is 2.71. The number of halogens is 1. The Hall–Kier alpha value is -1.54. The largest absolute Gasteiger partial charge is 0.467 e. The number of ether oxygens (including phenoxy) is 1. The van der Waals surface area contributed by atoms with E-state index in [1.54, 1.807) is 38.1 Å². The molecule has 11 heteroatoms. The highest BCUT2D eigenvalue weighted by Gasteiger charge is 2.50. The van der Waals surface area contributed by atoms with Crippen LogP contribution in [0.25, 0.3) is 0 Å². The third kappa shape index (κ3) is 3.29. The first-order valence-electron chi connectivity index (χ1n) is 7.76. The fourth-order valence-corrected chi connectivity index (χ4v) is 3.48. The molecule has 0 saturated heterocycles. The predicted octanol–water partition coefficient (Wildman–Crippen LogP) is -1.22. The molecule has 2 rings (SSSR count). The molecule has 132 valence electrons. The summed E-state index contributed by atoms with van der Waals surface area (Å²) in [5.41, 5.74) is 4.78. The molecule has 1 aliphatic heterocycles. The van der Waals surface area contributed by atoms with E-state index in [9.17, 15) is 13.2 Å². The molecule has 0 saturated carbocycles. The summed E-state index contributed by atoms with van der Waals surface area (Å²) in [6.07, 6.45) is 0. The van der Waals surface area contributed by atoms with Crippen LogP contribution >= 0.6 is 11.6 Å². The van der Waals surface area contributed by atoms with Gasteiger partial charge in [-0.3, -0.25) is 4.79 Å². The summed E-state index contributed by atoms with van der Waals surface area (Å²) < 4.78 is 34.6. The molecular weight excluding hydrogens is 362 g/mol. The molecule has 0 bridgehead atoms. The van der Waals surface area contributed by atoms with Gasteiger partial charge in [-0.2, -0.15) is 8.42 Å². The predicted molar refractivity (Wildman–Crippen MR) is 104 cm³/mol. The lowest BCUT2D eigenvalue weighted by atomic mass is 9.63. The molecule has 1 heterocycles. The van der Waals surface area contributed by atoms with Crippen molar-refractivity contribution in [2.45, 2.75) is 23.9 Å². The van der Waals surface area contributed by atoms with E-state index in [4.69, 9.17) is 26.3 Å². The first kappa shape index (κ1) is 19.8. The Kier molecular flexibility index (Phi) is 5.00. The minimum atomic E-state index is -4.11. The van der Waals surface area contributed by atoms with Crippen LogP contribution < -0.4 is 5.73 Å². The van der Waals surface area contributed by atoms with Gasteiger partial charge in [0, 0.05) is 9.57 Å². The van der Waals surface area contributed by atoms with Crippen LogP contribution in [-0.4, -0.2) is 42.3 Å². The molecule has 0 fully saturated rings. The summed E-state index contributed by atoms with van der Waals surface area (Å²) in [6.45, 7) is 3.51. The van der Waals surface area contributed by atoms with Gasteiger partial charge >= 0.3 is 0 Å². The molecule has 0 unspecified atom stereocenters. The molecule has 1 atom stereocenters. The van der Waals surface area contributed by atoms with Crippen LogP contribution in [-0.2, 0) is 29.3 Å². The highest BCUT2D eigenvalue weighted by molar-refractivity contribution is 7.91. The standard InChI is InChI=1S/C14H19B3ClNO5S/c1-7(2)14(16,17)25(21,22)24-10-11(20)13(15,23-12(10)19)8-3-5-9(18)6-4-8/h3-7H,15-17,19H2,1-2H3/t13-/m0/s1. The summed E-state index contributed by atoms with van der Waals surface area (Å²) in [5.74, 6) is -1.74. The molecule has 2 N–H and O–H groups in total. The van der Waals surface area contributed by atoms with Gasteiger partial charge in [-0.25, -0.2) is 0 Å². The second kappa shape index (κ2) is 6.32. The van der Waals surface area contributed by atoms with Crippen LogP contribution in [0, 0.1) is 5.92 Å². The monoisotopic (exact) mass is 381 g/mol. The van der Waals surface area contributed by atoms with Crippen molar-refractivity contribution in [3.8, 4) is 0 Å². The smallest absolute Gasteiger partial charge is 0.300 e. The van der Waals surface area contributed by atoms with E-state index in [2.05, 4.69) is 0 Å². The zero-order chi connectivity index (χ0) is 19.2. The lowest BCUT2D eigenvalue weighted by molar-refractivity contribution is -0.126. The number of nitrogens with two attached hydrogens (primary N) is 1. The van der Waals surface area contributed by atoms with Gasteiger partial charge in [-0.05, 0) is 23.6 Å². The Balaban J connectivity index is 2.37. The topological polar surface area (TPSA) is 95.7 Å². The van der Waals surface area contributed by atoms with Crippen LogP contribution in [0.1, 0.15) is 19.4 Å². The second-order valence-corrected chi connectivity index (χ2v) is 9.52. The Morgan fingerprint density at radius 3 is 2.28 bits per heavy atom. The lowest BCUT2D eigenvalue weighted by Gasteiger charge is -2.28. The maximum Gasteiger partial charge on any atom is 0.300 e. The van der Waals surface area contributed by atoms with Gasteiger partial charge in [0.15, 0.2) is 13.3 Å². The third-order valence-corrected chi connectivity index (χ3v) is 7.20. The highest BCUT2D eigenvalue weighted by Crippen LogP contribution is 2.37. The van der Waals surface area contributed by atoms with E-state index in [0.717, 1.165) is 0 Å². The first-order chi connectivity index (χ1) is 11.3. The number of Topliss-reactive ketones (excluding diaryl/α,β-unsaturated/α-hetero) is 1. The molecular formula is C14H19B3ClNO5S. The maximum atomic E-state index is 12.8. The lowest BCUT2D eigenvalue weighted by Crippen LogP contribution is -2.46. The van der Waals surface area contributed by atoms with E-state index < -0.39 is 31.7 Å². The van der Waals surface area contributed by atoms with E-state index in [-0.39, 0.29) is 11.8 Å². The number of hydrogen-bond acceptors (Lipinski definition) is 6. The van der Waals surface area contributed by atoms with E-state index in [0.29, 0.717) is 10.6 Å². The Bertz CT molecular complexity index is 839. The summed E-state index contributed by atoms with van der Waals surface area (Å²) in [4.78, 5) is 12.8. The van der Waals surface area contributed by atoms with Crippen LogP contribution in [0.3, 0.4) is 0 Å². The molecule has 0 aromatic heterocycles. The summed E-state index contributed by atoms with van der Waals surface area (Å²) >= 11 is 5.86. The van der Waals surface area contributed by atoms with Gasteiger partial charge in [-0.15, -0.1) is 0 Å². The fourth-order valence-electron chi connectivity index (χ4n) is 2.18. The molecule has 1 aromatic rings. The number of benzene rings is 1. The van der Waals surface area contributed by atoms with Gasteiger partial charge in [-0.1, -0.05) is 37.6 Å². The number of hydrogen-bond donors (Lipinski definition) is 1. The molecule has 6 nitrogen and oxygen atoms in total. The number of carbonyl (C=O) groups excluding carboxylic acids is 1. The molecule has 25 heavy (non-hydrogen) atoms. The fraction of sp³-hybridized carbons (Fsp3) is 0.357. The quantitative estimate of drug-likeness (QED) is 0.507. The zero-order valence-corrected chi connectivity index (χ0v) is 16.4. The minimum Gasteiger partial charge on any atom is -0.467 e. The summed E-state index contributed by atoms with van der Waals surface area (Å²) in [7, 11) is 0.455. The van der Waals surface area contributed by atoms with Crippen molar-refractivity contribution in [3.63, 3.8) is 0 Å². The van der Waals surface area contributed by atoms with Crippen molar-refractivity contribution in [2.24, 2.45) is 11.7 Å². The van der Waals surface area contributed by atoms with Crippen molar-refractivity contribution in [1.82, 2.24) is 0 Å². The number of carbonyl (C=O) groups is 1. The zero-order valence-electron chi connectivity index (χ0n) is 14.8. The Morgan fingerprint density at radius 2 is 1.80 bits per heavy atom. The second-order valence-electron chi connectivity index (χ2n) is 6.96. The van der Waals surface area contributed by atoms with Gasteiger partial charge in [0.2, 0.25) is 17.4 Å². The summed E-state index contributed by atoms with van der Waals surface area (Å²) in [6, 6.07) is 6.44. The highest BCUT2D eigenvalue weighted by atomic mass is 35.5. The average molecular weight is 381 g/mol. The molecule has 0 amide bonds. The third-order valence-electron chi connectivity index (χ3n) is 4.80. The van der Waals surface area contributed by atoms with Gasteiger partial charge in [0.1, 0.15) is 15.7 Å². The minimum absolute atomic E-state index is 0.237. The van der Waals surface area contributed by atoms with Crippen LogP contribution in [0.4, 0.5) is 0 Å². The van der Waals surface area contributed by atoms with Crippen molar-refractivity contribution in [3.05, 3.63) is 46.5 Å². The van der Waals surface area contributed by atoms with Crippen LogP contribution in [0.15, 0.2) is 35.9 Å². The number of ketones is 1. The van der Waals surface area contributed by atoms with Crippen molar-refractivity contribution >= 4 is 51.0 Å². The van der Waals surface area contributed by atoms with Crippen molar-refractivity contribution in [2.75, 3.05) is 0 Å². The van der Waals surface area contributed by atoms with Gasteiger partial charge in [0.25, 0.3) is 10.1 Å². The first-order valence-corrected chi connectivity index (χ1v) is 9.55. The van der Waals surface area contributed by atoms with Crippen molar-refractivity contribution < 1.29 is 22.1 Å². The van der Waals surface area contributed by atoms with E-state index in [1.807, 2.05) is 0 Å². The maximum absolute atomic E-state index is 12.8. The summed E-state index contributed by atoms with van der Waals surface area (Å²) in [5, 5.41) is 0.497. The molecule has 1 aliphatic rings. The molecule has 0 aliphatic carbocycles. The van der Waals surface area contributed by atoms with Crippen LogP contribution in [0.2, 0.25) is 5.02 Å². The van der Waals surface area contributed by atoms with Gasteiger partial charge in [0.05, 0.1) is 0 Å². The number of rotatable bonds is 5. The van der Waals surface area contributed by atoms with Crippen LogP contribution in [0.5, 0.6) is 0 Å².